The number of thiophene rings is 1. The van der Waals surface area contributed by atoms with Crippen molar-refractivity contribution in [3.8, 4) is 0 Å². The molecule has 0 unspecified atom stereocenters. The lowest BCUT2D eigenvalue weighted by molar-refractivity contribution is 0.0331. The van der Waals surface area contributed by atoms with E-state index in [0.29, 0.717) is 12.0 Å². The van der Waals surface area contributed by atoms with Crippen molar-refractivity contribution in [2.75, 3.05) is 44.8 Å². The van der Waals surface area contributed by atoms with Crippen LogP contribution < -0.4 is 5.32 Å². The van der Waals surface area contributed by atoms with Gasteiger partial charge in [-0.25, -0.2) is 9.97 Å². The molecule has 3 aliphatic rings. The van der Waals surface area contributed by atoms with E-state index in [1.165, 1.54) is 39.9 Å². The Balaban J connectivity index is 1.47. The fourth-order valence-electron chi connectivity index (χ4n) is 5.02. The molecule has 1 atom stereocenters. The maximum atomic E-state index is 5.60. The third-order valence-corrected chi connectivity index (χ3v) is 7.86. The molecule has 0 amide bonds. The molecule has 0 aromatic carbocycles. The second kappa shape index (κ2) is 8.84. The number of fused-ring (bicyclic) bond motifs is 3. The average molecular weight is 417 g/mol. The monoisotopic (exact) mass is 416 g/mol. The van der Waals surface area contributed by atoms with Gasteiger partial charge in [0.05, 0.1) is 25.1 Å². The molecule has 4 heterocycles. The average Bonchev–Trinajstić information content (AvgIpc) is 3.34. The number of ether oxygens (including phenoxy) is 2. The van der Waals surface area contributed by atoms with Gasteiger partial charge in [0.2, 0.25) is 0 Å². The Kier molecular flexibility index (Phi) is 5.99. The van der Waals surface area contributed by atoms with Crippen molar-refractivity contribution in [2.24, 2.45) is 5.92 Å². The van der Waals surface area contributed by atoms with E-state index in [2.05, 4.69) is 17.1 Å². The van der Waals surface area contributed by atoms with E-state index in [1.54, 1.807) is 0 Å². The Morgan fingerprint density at radius 2 is 1.90 bits per heavy atom. The highest BCUT2D eigenvalue weighted by molar-refractivity contribution is 7.19. The largest absolute Gasteiger partial charge is 0.381 e. The van der Waals surface area contributed by atoms with Gasteiger partial charge >= 0.3 is 0 Å². The van der Waals surface area contributed by atoms with Gasteiger partial charge in [-0.05, 0) is 50.0 Å². The molecule has 1 N–H and O–H groups in total. The van der Waals surface area contributed by atoms with Crippen LogP contribution in [0.15, 0.2) is 0 Å². The highest BCUT2D eigenvalue weighted by Crippen LogP contribution is 2.40. The Bertz CT molecular complexity index is 843. The molecule has 2 fully saturated rings. The summed E-state index contributed by atoms with van der Waals surface area (Å²) in [5.74, 6) is 2.69. The van der Waals surface area contributed by atoms with E-state index in [1.807, 2.05) is 11.3 Å². The number of hydrogen-bond donors (Lipinski definition) is 1. The van der Waals surface area contributed by atoms with Crippen molar-refractivity contribution in [1.29, 1.82) is 0 Å². The quantitative estimate of drug-likeness (QED) is 0.776. The van der Waals surface area contributed by atoms with Crippen LogP contribution in [0.1, 0.15) is 48.9 Å². The number of aromatic nitrogens is 2. The van der Waals surface area contributed by atoms with Crippen LogP contribution in [-0.4, -0.2) is 60.4 Å². The molecule has 7 heteroatoms. The number of nitrogens with one attached hydrogen (secondary N) is 1. The van der Waals surface area contributed by atoms with Gasteiger partial charge < -0.3 is 14.8 Å². The Morgan fingerprint density at radius 1 is 1.10 bits per heavy atom. The highest BCUT2D eigenvalue weighted by atomic mass is 32.1. The number of nitrogens with zero attached hydrogens (tertiary/aromatic N) is 3. The lowest BCUT2D eigenvalue weighted by atomic mass is 9.90. The zero-order valence-electron chi connectivity index (χ0n) is 17.4. The van der Waals surface area contributed by atoms with Gasteiger partial charge in [0.1, 0.15) is 16.5 Å². The summed E-state index contributed by atoms with van der Waals surface area (Å²) in [5, 5.41) is 5.20. The van der Waals surface area contributed by atoms with Crippen molar-refractivity contribution in [1.82, 2.24) is 14.9 Å². The minimum absolute atomic E-state index is 0.449. The van der Waals surface area contributed by atoms with Crippen LogP contribution >= 0.6 is 11.3 Å². The molecular weight excluding hydrogens is 384 g/mol. The smallest absolute Gasteiger partial charge is 0.146 e. The van der Waals surface area contributed by atoms with E-state index in [0.717, 1.165) is 77.0 Å². The fraction of sp³-hybridized carbons (Fsp3) is 0.727. The molecule has 0 spiro atoms. The highest BCUT2D eigenvalue weighted by Gasteiger charge is 2.27. The zero-order valence-corrected chi connectivity index (χ0v) is 18.2. The van der Waals surface area contributed by atoms with Crippen LogP contribution in [0.2, 0.25) is 0 Å². The maximum Gasteiger partial charge on any atom is 0.146 e. The van der Waals surface area contributed by atoms with Gasteiger partial charge in [-0.2, -0.15) is 0 Å². The molecule has 6 nitrogen and oxygen atoms in total. The summed E-state index contributed by atoms with van der Waals surface area (Å²) in [4.78, 5) is 15.2. The van der Waals surface area contributed by atoms with Crippen LogP contribution in [0.4, 0.5) is 5.82 Å². The molecule has 0 radical (unpaired) electrons. The van der Waals surface area contributed by atoms with E-state index < -0.39 is 0 Å². The molecule has 2 aromatic heterocycles. The molecule has 2 aliphatic heterocycles. The molecule has 2 aromatic rings. The topological polar surface area (TPSA) is 59.5 Å². The summed E-state index contributed by atoms with van der Waals surface area (Å²) in [6.07, 6.45) is 7.03. The summed E-state index contributed by atoms with van der Waals surface area (Å²) in [7, 11) is 0. The molecule has 0 saturated carbocycles. The van der Waals surface area contributed by atoms with Crippen LogP contribution in [0.3, 0.4) is 0 Å². The zero-order chi connectivity index (χ0) is 19.6. The summed E-state index contributed by atoms with van der Waals surface area (Å²) in [6, 6.07) is 0.449. The molecular formula is C22H32N4O2S. The number of hydrogen-bond acceptors (Lipinski definition) is 7. The van der Waals surface area contributed by atoms with E-state index in [9.17, 15) is 0 Å². The van der Waals surface area contributed by atoms with Crippen molar-refractivity contribution < 1.29 is 9.47 Å². The predicted octanol–water partition coefficient (Wildman–Crippen LogP) is 3.63. The first-order chi connectivity index (χ1) is 14.3. The summed E-state index contributed by atoms with van der Waals surface area (Å²) >= 11 is 1.89. The van der Waals surface area contributed by atoms with Gasteiger partial charge in [-0.1, -0.05) is 6.92 Å². The Morgan fingerprint density at radius 3 is 2.69 bits per heavy atom. The summed E-state index contributed by atoms with van der Waals surface area (Å²) < 4.78 is 11.1. The molecule has 2 saturated heterocycles. The van der Waals surface area contributed by atoms with Crippen LogP contribution in [0.5, 0.6) is 0 Å². The molecule has 5 rings (SSSR count). The number of aryl methyl sites for hydroxylation is 2. The van der Waals surface area contributed by atoms with Crippen molar-refractivity contribution in [3.05, 3.63) is 16.3 Å². The van der Waals surface area contributed by atoms with Crippen LogP contribution in [0.25, 0.3) is 10.2 Å². The van der Waals surface area contributed by atoms with Crippen molar-refractivity contribution in [3.63, 3.8) is 0 Å². The Labute approximate surface area is 177 Å². The third kappa shape index (κ3) is 4.15. The number of anilines is 1. The van der Waals surface area contributed by atoms with Gasteiger partial charge in [0.15, 0.2) is 0 Å². The summed E-state index contributed by atoms with van der Waals surface area (Å²) in [5.41, 5.74) is 1.51. The van der Waals surface area contributed by atoms with Gasteiger partial charge in [0, 0.05) is 37.2 Å². The second-order valence-electron chi connectivity index (χ2n) is 8.52. The van der Waals surface area contributed by atoms with Gasteiger partial charge in [-0.3, -0.25) is 4.90 Å². The number of rotatable bonds is 6. The first-order valence-electron chi connectivity index (χ1n) is 11.3. The SMILES string of the molecule is CC[C@@H](Nc1nc(CN2CCOCC2)nc2sc3c(c12)CCC3)C1CCOCC1. The fourth-order valence-corrected chi connectivity index (χ4v) is 6.30. The standard InChI is InChI=1S/C22H32N4O2S/c1-2-17(15-6-10-27-11-7-15)23-21-20-16-4-3-5-18(16)29-22(20)25-19(24-21)14-26-8-12-28-13-9-26/h15,17H,2-14H2,1H3,(H,23,24,25)/t17-/m1/s1. The second-order valence-corrected chi connectivity index (χ2v) is 9.61. The third-order valence-electron chi connectivity index (χ3n) is 6.68. The van der Waals surface area contributed by atoms with Crippen molar-refractivity contribution >= 4 is 27.4 Å². The predicted molar refractivity (Wildman–Crippen MR) is 117 cm³/mol. The van der Waals surface area contributed by atoms with Crippen LogP contribution in [-0.2, 0) is 28.9 Å². The van der Waals surface area contributed by atoms with Gasteiger partial charge in [-0.15, -0.1) is 11.3 Å². The summed E-state index contributed by atoms with van der Waals surface area (Å²) in [6.45, 7) is 8.42. The normalized spacial score (nSPS) is 22.1. The molecule has 29 heavy (non-hydrogen) atoms. The van der Waals surface area contributed by atoms with E-state index in [4.69, 9.17) is 19.4 Å². The molecule has 1 aliphatic carbocycles. The van der Waals surface area contributed by atoms with E-state index in [-0.39, 0.29) is 0 Å². The lowest BCUT2D eigenvalue weighted by Crippen LogP contribution is -2.36. The van der Waals surface area contributed by atoms with Crippen molar-refractivity contribution in [2.45, 2.75) is 58.0 Å². The minimum atomic E-state index is 0.449. The minimum Gasteiger partial charge on any atom is -0.381 e. The Hall–Kier alpha value is -1.28. The lowest BCUT2D eigenvalue weighted by Gasteiger charge is -2.31. The number of morpholine rings is 1. The first kappa shape index (κ1) is 19.7. The first-order valence-corrected chi connectivity index (χ1v) is 12.1. The van der Waals surface area contributed by atoms with Gasteiger partial charge in [0.25, 0.3) is 0 Å². The van der Waals surface area contributed by atoms with Crippen LogP contribution in [0, 0.1) is 5.92 Å². The van der Waals surface area contributed by atoms with E-state index >= 15 is 0 Å². The molecule has 158 valence electrons. The maximum absolute atomic E-state index is 5.60. The molecule has 0 bridgehead atoms.